The summed E-state index contributed by atoms with van der Waals surface area (Å²) in [5, 5.41) is 8.50. The predicted octanol–water partition coefficient (Wildman–Crippen LogP) is 1.41. The van der Waals surface area contributed by atoms with Gasteiger partial charge >= 0.3 is 5.97 Å². The Balaban J connectivity index is 1.66. The molecule has 2 aromatic rings. The van der Waals surface area contributed by atoms with Crippen molar-refractivity contribution in [3.8, 4) is 22.9 Å². The zero-order valence-corrected chi connectivity index (χ0v) is 12.1. The quantitative estimate of drug-likeness (QED) is 0.781. The number of aromatic nitrogens is 3. The summed E-state index contributed by atoms with van der Waals surface area (Å²) >= 11 is 0. The Morgan fingerprint density at radius 2 is 2.18 bits per heavy atom. The maximum atomic E-state index is 11.7. The molecule has 0 radical (unpaired) electrons. The lowest BCUT2D eigenvalue weighted by Gasteiger charge is -2.21. The topological polar surface area (TPSA) is 75.5 Å². The molecular formula is C15H15N3O4. The molecule has 1 aromatic heterocycles. The van der Waals surface area contributed by atoms with E-state index in [2.05, 4.69) is 14.8 Å². The molecule has 4 rings (SSSR count). The van der Waals surface area contributed by atoms with Crippen molar-refractivity contribution in [2.45, 2.75) is 19.4 Å². The number of rotatable bonds is 2. The summed E-state index contributed by atoms with van der Waals surface area (Å²) in [6, 6.07) is 5.72. The number of esters is 1. The molecule has 0 fully saturated rings. The zero-order chi connectivity index (χ0) is 15.1. The molecule has 0 amide bonds. The first-order valence-corrected chi connectivity index (χ1v) is 7.16. The van der Waals surface area contributed by atoms with Crippen molar-refractivity contribution in [1.29, 1.82) is 0 Å². The lowest BCUT2D eigenvalue weighted by atomic mass is 9.98. The van der Waals surface area contributed by atoms with Crippen LogP contribution in [0.1, 0.15) is 12.2 Å². The van der Waals surface area contributed by atoms with Gasteiger partial charge in [-0.1, -0.05) is 0 Å². The van der Waals surface area contributed by atoms with E-state index in [1.54, 1.807) is 0 Å². The van der Waals surface area contributed by atoms with Crippen LogP contribution in [0.3, 0.4) is 0 Å². The molecular weight excluding hydrogens is 286 g/mol. The SMILES string of the molecule is COC(=O)C1CCn2c(nnc2-c2ccc3c(c2)OCO3)C1. The molecule has 22 heavy (non-hydrogen) atoms. The molecule has 1 atom stereocenters. The summed E-state index contributed by atoms with van der Waals surface area (Å²) in [5.74, 6) is 2.75. The van der Waals surface area contributed by atoms with Crippen LogP contribution in [0.5, 0.6) is 11.5 Å². The highest BCUT2D eigenvalue weighted by atomic mass is 16.7. The van der Waals surface area contributed by atoms with Gasteiger partial charge < -0.3 is 18.8 Å². The number of hydrogen-bond donors (Lipinski definition) is 0. The monoisotopic (exact) mass is 301 g/mol. The lowest BCUT2D eigenvalue weighted by molar-refractivity contribution is -0.146. The predicted molar refractivity (Wildman–Crippen MR) is 75.4 cm³/mol. The molecule has 0 spiro atoms. The van der Waals surface area contributed by atoms with Crippen molar-refractivity contribution < 1.29 is 19.0 Å². The van der Waals surface area contributed by atoms with Gasteiger partial charge in [0.2, 0.25) is 6.79 Å². The van der Waals surface area contributed by atoms with Crippen LogP contribution < -0.4 is 9.47 Å². The maximum absolute atomic E-state index is 11.7. The molecule has 0 N–H and O–H groups in total. The minimum Gasteiger partial charge on any atom is -0.469 e. The van der Waals surface area contributed by atoms with Crippen molar-refractivity contribution in [1.82, 2.24) is 14.8 Å². The van der Waals surface area contributed by atoms with Crippen molar-refractivity contribution in [3.05, 3.63) is 24.0 Å². The molecule has 2 aliphatic heterocycles. The number of carbonyl (C=O) groups is 1. The highest BCUT2D eigenvalue weighted by molar-refractivity contribution is 5.72. The van der Waals surface area contributed by atoms with Gasteiger partial charge in [0, 0.05) is 18.5 Å². The van der Waals surface area contributed by atoms with E-state index >= 15 is 0 Å². The molecule has 3 heterocycles. The zero-order valence-electron chi connectivity index (χ0n) is 12.1. The first-order chi connectivity index (χ1) is 10.8. The molecule has 0 aliphatic carbocycles. The Kier molecular flexibility index (Phi) is 2.99. The third-order valence-electron chi connectivity index (χ3n) is 4.12. The maximum Gasteiger partial charge on any atom is 0.309 e. The Hall–Kier alpha value is -2.57. The van der Waals surface area contributed by atoms with E-state index in [-0.39, 0.29) is 18.7 Å². The van der Waals surface area contributed by atoms with E-state index in [9.17, 15) is 4.79 Å². The van der Waals surface area contributed by atoms with Crippen LogP contribution in [-0.4, -0.2) is 34.6 Å². The van der Waals surface area contributed by atoms with Gasteiger partial charge in [-0.25, -0.2) is 0 Å². The summed E-state index contributed by atoms with van der Waals surface area (Å²) in [6.07, 6.45) is 1.29. The lowest BCUT2D eigenvalue weighted by Crippen LogP contribution is -2.27. The highest BCUT2D eigenvalue weighted by Crippen LogP contribution is 2.36. The summed E-state index contributed by atoms with van der Waals surface area (Å²) in [7, 11) is 1.42. The van der Waals surface area contributed by atoms with Gasteiger partial charge in [0.25, 0.3) is 0 Å². The van der Waals surface area contributed by atoms with Crippen LogP contribution in [0.25, 0.3) is 11.4 Å². The average Bonchev–Trinajstić information content (AvgIpc) is 3.18. The van der Waals surface area contributed by atoms with Crippen LogP contribution in [-0.2, 0) is 22.5 Å². The molecule has 0 saturated carbocycles. The van der Waals surface area contributed by atoms with Gasteiger partial charge in [0.05, 0.1) is 13.0 Å². The third kappa shape index (κ3) is 2.01. The van der Waals surface area contributed by atoms with Gasteiger partial charge in [-0.05, 0) is 24.6 Å². The van der Waals surface area contributed by atoms with E-state index in [1.807, 2.05) is 18.2 Å². The second-order valence-corrected chi connectivity index (χ2v) is 5.37. The summed E-state index contributed by atoms with van der Waals surface area (Å²) in [5.41, 5.74) is 0.930. The number of ether oxygens (including phenoxy) is 3. The Bertz CT molecular complexity index is 740. The van der Waals surface area contributed by atoms with Gasteiger partial charge in [-0.15, -0.1) is 10.2 Å². The molecule has 1 aromatic carbocycles. The van der Waals surface area contributed by atoms with E-state index < -0.39 is 0 Å². The largest absolute Gasteiger partial charge is 0.469 e. The van der Waals surface area contributed by atoms with Crippen molar-refractivity contribution in [3.63, 3.8) is 0 Å². The number of hydrogen-bond acceptors (Lipinski definition) is 6. The van der Waals surface area contributed by atoms with Gasteiger partial charge in [0.1, 0.15) is 5.82 Å². The molecule has 0 bridgehead atoms. The van der Waals surface area contributed by atoms with Crippen molar-refractivity contribution in [2.75, 3.05) is 13.9 Å². The first kappa shape index (κ1) is 13.1. The van der Waals surface area contributed by atoms with Crippen molar-refractivity contribution in [2.24, 2.45) is 5.92 Å². The fraction of sp³-hybridized carbons (Fsp3) is 0.400. The number of fused-ring (bicyclic) bond motifs is 2. The number of carbonyl (C=O) groups excluding carboxylic acids is 1. The van der Waals surface area contributed by atoms with E-state index in [4.69, 9.17) is 14.2 Å². The summed E-state index contributed by atoms with van der Waals surface area (Å²) in [6.45, 7) is 0.948. The average molecular weight is 301 g/mol. The van der Waals surface area contributed by atoms with Crippen molar-refractivity contribution >= 4 is 5.97 Å². The van der Waals surface area contributed by atoms with Gasteiger partial charge in [-0.2, -0.15) is 0 Å². The fourth-order valence-electron chi connectivity index (χ4n) is 2.95. The van der Waals surface area contributed by atoms with Gasteiger partial charge in [0.15, 0.2) is 17.3 Å². The second-order valence-electron chi connectivity index (χ2n) is 5.37. The number of nitrogens with zero attached hydrogens (tertiary/aromatic N) is 3. The van der Waals surface area contributed by atoms with Crippen LogP contribution >= 0.6 is 0 Å². The van der Waals surface area contributed by atoms with E-state index in [0.29, 0.717) is 13.0 Å². The minimum atomic E-state index is -0.182. The normalized spacial score (nSPS) is 18.9. The Morgan fingerprint density at radius 1 is 1.32 bits per heavy atom. The fourth-order valence-corrected chi connectivity index (χ4v) is 2.95. The second kappa shape index (κ2) is 5.01. The molecule has 7 nitrogen and oxygen atoms in total. The highest BCUT2D eigenvalue weighted by Gasteiger charge is 2.29. The molecule has 7 heteroatoms. The molecule has 0 saturated heterocycles. The molecule has 1 unspecified atom stereocenters. The van der Waals surface area contributed by atoms with Gasteiger partial charge in [-0.3, -0.25) is 4.79 Å². The molecule has 114 valence electrons. The number of benzene rings is 1. The van der Waals surface area contributed by atoms with Crippen LogP contribution in [0, 0.1) is 5.92 Å². The van der Waals surface area contributed by atoms with Crippen LogP contribution in [0.15, 0.2) is 18.2 Å². The minimum absolute atomic E-state index is 0.133. The Morgan fingerprint density at radius 3 is 3.05 bits per heavy atom. The van der Waals surface area contributed by atoms with E-state index in [0.717, 1.165) is 35.1 Å². The number of methoxy groups -OCH3 is 1. The van der Waals surface area contributed by atoms with Crippen LogP contribution in [0.4, 0.5) is 0 Å². The summed E-state index contributed by atoms with van der Waals surface area (Å²) in [4.78, 5) is 11.7. The third-order valence-corrected chi connectivity index (χ3v) is 4.12. The molecule has 2 aliphatic rings. The van der Waals surface area contributed by atoms with Crippen LogP contribution in [0.2, 0.25) is 0 Å². The Labute approximate surface area is 126 Å². The first-order valence-electron chi connectivity index (χ1n) is 7.16. The summed E-state index contributed by atoms with van der Waals surface area (Å²) < 4.78 is 17.6. The standard InChI is InChI=1S/C15H15N3O4/c1-20-15(19)10-4-5-18-13(7-10)16-17-14(18)9-2-3-11-12(6-9)22-8-21-11/h2-3,6,10H,4-5,7-8H2,1H3. The van der Waals surface area contributed by atoms with E-state index in [1.165, 1.54) is 7.11 Å². The smallest absolute Gasteiger partial charge is 0.309 e.